The number of piperidine rings is 1. The molecule has 0 aromatic carbocycles. The Labute approximate surface area is 128 Å². The minimum atomic E-state index is -0.157. The van der Waals surface area contributed by atoms with E-state index in [1.165, 1.54) is 13.0 Å². The maximum atomic E-state index is 12.5. The van der Waals surface area contributed by atoms with Crippen molar-refractivity contribution in [2.45, 2.75) is 24.0 Å². The van der Waals surface area contributed by atoms with E-state index in [1.807, 2.05) is 6.07 Å². The molecule has 0 saturated carbocycles. The lowest BCUT2D eigenvalue weighted by molar-refractivity contribution is 0.0905. The van der Waals surface area contributed by atoms with Crippen LogP contribution in [0.25, 0.3) is 11.0 Å². The second-order valence-electron chi connectivity index (χ2n) is 5.98. The van der Waals surface area contributed by atoms with E-state index in [2.05, 4.69) is 27.8 Å². The first-order valence-corrected chi connectivity index (χ1v) is 7.74. The van der Waals surface area contributed by atoms with Gasteiger partial charge in [0.25, 0.3) is 5.91 Å². The summed E-state index contributed by atoms with van der Waals surface area (Å²) in [5, 5.41) is 4.46. The van der Waals surface area contributed by atoms with Crippen molar-refractivity contribution in [3.8, 4) is 0 Å². The Morgan fingerprint density at radius 2 is 2.38 bits per heavy atom. The lowest BCUT2D eigenvalue weighted by Crippen LogP contribution is -2.47. The van der Waals surface area contributed by atoms with E-state index in [4.69, 9.17) is 4.42 Å². The number of carbonyl (C=O) groups excluding carboxylic acids is 1. The normalized spacial score (nSPS) is 28.0. The minimum absolute atomic E-state index is 0.157. The molecular formula is C15H17N3O2S. The van der Waals surface area contributed by atoms with Gasteiger partial charge in [-0.2, -0.15) is 0 Å². The van der Waals surface area contributed by atoms with Gasteiger partial charge in [-0.25, -0.2) is 4.98 Å². The van der Waals surface area contributed by atoms with Crippen molar-refractivity contribution in [2.24, 2.45) is 5.92 Å². The van der Waals surface area contributed by atoms with Gasteiger partial charge in [0.05, 0.1) is 0 Å². The first-order chi connectivity index (χ1) is 10.2. The van der Waals surface area contributed by atoms with Crippen molar-refractivity contribution in [3.63, 3.8) is 0 Å². The molecule has 110 valence electrons. The number of hydrogen-bond acceptors (Lipinski definition) is 5. The number of nitrogens with one attached hydrogen (secondary N) is 1. The van der Waals surface area contributed by atoms with Crippen LogP contribution in [0.15, 0.2) is 27.8 Å². The van der Waals surface area contributed by atoms with Crippen LogP contribution in [0.5, 0.6) is 0 Å². The fraction of sp³-hybridized carbons (Fsp3) is 0.467. The number of rotatable bonds is 2. The molecule has 21 heavy (non-hydrogen) atoms. The molecule has 6 heteroatoms. The SMILES string of the molecule is O=C(N[C@@H]1C[C@H]2CCN(C2)C1)c1nccc2cc(S)oc12. The molecule has 0 aliphatic carbocycles. The summed E-state index contributed by atoms with van der Waals surface area (Å²) in [5.74, 6) is 0.566. The van der Waals surface area contributed by atoms with Gasteiger partial charge in [-0.05, 0) is 37.4 Å². The maximum absolute atomic E-state index is 12.5. The molecule has 1 amide bonds. The molecule has 0 spiro atoms. The average Bonchev–Trinajstić information content (AvgIpc) is 2.99. The average molecular weight is 303 g/mol. The molecule has 2 aromatic heterocycles. The predicted molar refractivity (Wildman–Crippen MR) is 81.7 cm³/mol. The molecule has 0 radical (unpaired) electrons. The van der Waals surface area contributed by atoms with E-state index in [0.717, 1.165) is 30.8 Å². The molecule has 2 aliphatic rings. The smallest absolute Gasteiger partial charge is 0.274 e. The van der Waals surface area contributed by atoms with Crippen LogP contribution in [0.1, 0.15) is 23.3 Å². The Balaban J connectivity index is 1.56. The van der Waals surface area contributed by atoms with Gasteiger partial charge in [0, 0.05) is 30.7 Å². The number of nitrogens with zero attached hydrogens (tertiary/aromatic N) is 2. The Bertz CT molecular complexity index is 687. The van der Waals surface area contributed by atoms with Crippen LogP contribution in [0.4, 0.5) is 0 Å². The van der Waals surface area contributed by atoms with E-state index >= 15 is 0 Å². The summed E-state index contributed by atoms with van der Waals surface area (Å²) in [6, 6.07) is 3.83. The third-order valence-corrected chi connectivity index (χ3v) is 4.66. The van der Waals surface area contributed by atoms with E-state index in [1.54, 1.807) is 12.3 Å². The first kappa shape index (κ1) is 13.2. The van der Waals surface area contributed by atoms with Gasteiger partial charge in [-0.1, -0.05) is 0 Å². The summed E-state index contributed by atoms with van der Waals surface area (Å²) >= 11 is 4.19. The van der Waals surface area contributed by atoms with Crippen LogP contribution >= 0.6 is 12.6 Å². The fourth-order valence-electron chi connectivity index (χ4n) is 3.53. The number of aromatic nitrogens is 1. The van der Waals surface area contributed by atoms with Crippen LogP contribution in [0.2, 0.25) is 0 Å². The van der Waals surface area contributed by atoms with Gasteiger partial charge < -0.3 is 14.6 Å². The zero-order chi connectivity index (χ0) is 14.4. The molecule has 2 saturated heterocycles. The standard InChI is InChI=1S/C15H17N3O2S/c19-15(17-11-5-9-2-4-18(7-9)8-11)13-14-10(1-3-16-13)6-12(21)20-14/h1,3,6,9,11,21H,2,4-5,7-8H2,(H,17,19)/t9-,11-/m1/s1. The van der Waals surface area contributed by atoms with E-state index in [-0.39, 0.29) is 11.9 Å². The van der Waals surface area contributed by atoms with Crippen molar-refractivity contribution in [2.75, 3.05) is 19.6 Å². The van der Waals surface area contributed by atoms with Crippen molar-refractivity contribution >= 4 is 29.5 Å². The zero-order valence-corrected chi connectivity index (χ0v) is 12.5. The summed E-state index contributed by atoms with van der Waals surface area (Å²) in [6.07, 6.45) is 3.95. The highest BCUT2D eigenvalue weighted by Crippen LogP contribution is 2.27. The van der Waals surface area contributed by atoms with Crippen LogP contribution in [0.3, 0.4) is 0 Å². The van der Waals surface area contributed by atoms with Crippen molar-refractivity contribution in [3.05, 3.63) is 24.0 Å². The molecule has 5 nitrogen and oxygen atoms in total. The number of carbonyl (C=O) groups is 1. The molecule has 2 bridgehead atoms. The monoisotopic (exact) mass is 303 g/mol. The van der Waals surface area contributed by atoms with Gasteiger partial charge in [0.1, 0.15) is 0 Å². The number of amides is 1. The van der Waals surface area contributed by atoms with Gasteiger partial charge in [-0.3, -0.25) is 4.79 Å². The molecule has 4 rings (SSSR count). The molecule has 4 heterocycles. The molecule has 1 N–H and O–H groups in total. The largest absolute Gasteiger partial charge is 0.448 e. The molecular weight excluding hydrogens is 286 g/mol. The lowest BCUT2D eigenvalue weighted by Gasteiger charge is -2.30. The number of furan rings is 1. The van der Waals surface area contributed by atoms with Crippen LogP contribution in [-0.2, 0) is 0 Å². The van der Waals surface area contributed by atoms with Gasteiger partial charge in [0.15, 0.2) is 16.4 Å². The molecule has 2 aromatic rings. The van der Waals surface area contributed by atoms with Crippen molar-refractivity contribution < 1.29 is 9.21 Å². The van der Waals surface area contributed by atoms with Crippen molar-refractivity contribution in [1.82, 2.24) is 15.2 Å². The maximum Gasteiger partial charge on any atom is 0.274 e. The highest BCUT2D eigenvalue weighted by Gasteiger charge is 2.33. The van der Waals surface area contributed by atoms with E-state index < -0.39 is 0 Å². The Morgan fingerprint density at radius 3 is 3.24 bits per heavy atom. The number of thiol groups is 1. The summed E-state index contributed by atoms with van der Waals surface area (Å²) in [4.78, 5) is 19.1. The Hall–Kier alpha value is -1.53. The molecule has 2 fully saturated rings. The number of pyridine rings is 1. The summed E-state index contributed by atoms with van der Waals surface area (Å²) < 4.78 is 5.49. The predicted octanol–water partition coefficient (Wildman–Crippen LogP) is 1.94. The van der Waals surface area contributed by atoms with Gasteiger partial charge >= 0.3 is 0 Å². The lowest BCUT2D eigenvalue weighted by atomic mass is 9.97. The van der Waals surface area contributed by atoms with Crippen LogP contribution < -0.4 is 5.32 Å². The van der Waals surface area contributed by atoms with Crippen molar-refractivity contribution in [1.29, 1.82) is 0 Å². The second-order valence-corrected chi connectivity index (χ2v) is 6.42. The summed E-state index contributed by atoms with van der Waals surface area (Å²) in [7, 11) is 0. The van der Waals surface area contributed by atoms with Crippen LogP contribution in [-0.4, -0.2) is 41.5 Å². The molecule has 2 aliphatic heterocycles. The highest BCUT2D eigenvalue weighted by molar-refractivity contribution is 7.80. The Morgan fingerprint density at radius 1 is 1.48 bits per heavy atom. The third kappa shape index (κ3) is 2.42. The van der Waals surface area contributed by atoms with Gasteiger partial charge in [0.2, 0.25) is 0 Å². The van der Waals surface area contributed by atoms with Gasteiger partial charge in [-0.15, -0.1) is 12.6 Å². The van der Waals surface area contributed by atoms with Crippen LogP contribution in [0, 0.1) is 5.92 Å². The van der Waals surface area contributed by atoms with E-state index in [0.29, 0.717) is 16.4 Å². The summed E-state index contributed by atoms with van der Waals surface area (Å²) in [6.45, 7) is 3.28. The number of hydrogen-bond donors (Lipinski definition) is 2. The minimum Gasteiger partial charge on any atom is -0.448 e. The molecule has 3 atom stereocenters. The highest BCUT2D eigenvalue weighted by atomic mass is 32.1. The van der Waals surface area contributed by atoms with E-state index in [9.17, 15) is 4.79 Å². The zero-order valence-electron chi connectivity index (χ0n) is 11.6. The fourth-order valence-corrected chi connectivity index (χ4v) is 3.76. The second kappa shape index (κ2) is 5.03. The third-order valence-electron chi connectivity index (χ3n) is 4.44. The topological polar surface area (TPSA) is 58.4 Å². The first-order valence-electron chi connectivity index (χ1n) is 7.30. The molecule has 1 unspecified atom stereocenters. The summed E-state index contributed by atoms with van der Waals surface area (Å²) in [5.41, 5.74) is 0.861. The number of fused-ring (bicyclic) bond motifs is 3. The quantitative estimate of drug-likeness (QED) is 0.833. The Kier molecular flexibility index (Phi) is 3.15.